The Kier molecular flexibility index (Phi) is 2.29. The van der Waals surface area contributed by atoms with Crippen molar-refractivity contribution in [2.75, 3.05) is 13.1 Å². The van der Waals surface area contributed by atoms with Crippen LogP contribution in [0.1, 0.15) is 30.0 Å². The van der Waals surface area contributed by atoms with Gasteiger partial charge >= 0.3 is 0 Å². The molecule has 15 heavy (non-hydrogen) atoms. The van der Waals surface area contributed by atoms with Gasteiger partial charge in [0.2, 0.25) is 0 Å². The second-order valence-electron chi connectivity index (χ2n) is 4.37. The van der Waals surface area contributed by atoms with Crippen LogP contribution in [0.25, 0.3) is 0 Å². The van der Waals surface area contributed by atoms with Crippen molar-refractivity contribution < 1.29 is 0 Å². The van der Waals surface area contributed by atoms with E-state index in [1.807, 2.05) is 6.20 Å². The van der Waals surface area contributed by atoms with Gasteiger partial charge in [-0.2, -0.15) is 0 Å². The smallest absolute Gasteiger partial charge is 0.0507 e. The molecule has 0 amide bonds. The molecule has 0 saturated carbocycles. The van der Waals surface area contributed by atoms with Crippen molar-refractivity contribution in [3.05, 3.63) is 41.2 Å². The average molecular weight is 200 g/mol. The minimum Gasteiger partial charge on any atom is -0.313 e. The Bertz CT molecular complexity index is 395. The standard InChI is InChI=1S/C13H16N2/c1-2-11-3-4-12(13(11)15-7-1)10-5-8-14-9-6-10/h1-2,5,7,12,14H,3-4,6,8-9H2. The summed E-state index contributed by atoms with van der Waals surface area (Å²) >= 11 is 0. The van der Waals surface area contributed by atoms with Gasteiger partial charge in [0.05, 0.1) is 5.69 Å². The van der Waals surface area contributed by atoms with Crippen molar-refractivity contribution in [3.8, 4) is 0 Å². The molecule has 2 aliphatic rings. The van der Waals surface area contributed by atoms with Gasteiger partial charge < -0.3 is 5.32 Å². The lowest BCUT2D eigenvalue weighted by Crippen LogP contribution is -2.22. The first kappa shape index (κ1) is 9.10. The monoisotopic (exact) mass is 200 g/mol. The molecule has 2 nitrogen and oxygen atoms in total. The third-order valence-corrected chi connectivity index (χ3v) is 3.51. The van der Waals surface area contributed by atoms with Gasteiger partial charge in [-0.25, -0.2) is 0 Å². The summed E-state index contributed by atoms with van der Waals surface area (Å²) in [6.07, 6.45) is 7.95. The molecule has 1 aliphatic carbocycles. The molecular formula is C13H16N2. The van der Waals surface area contributed by atoms with Crippen molar-refractivity contribution in [1.29, 1.82) is 0 Å². The third kappa shape index (κ3) is 1.59. The molecule has 2 heteroatoms. The van der Waals surface area contributed by atoms with Crippen LogP contribution in [0.5, 0.6) is 0 Å². The van der Waals surface area contributed by atoms with Gasteiger partial charge in [0.1, 0.15) is 0 Å². The summed E-state index contributed by atoms with van der Waals surface area (Å²) in [5, 5.41) is 3.37. The van der Waals surface area contributed by atoms with Crippen molar-refractivity contribution in [2.45, 2.75) is 25.2 Å². The maximum Gasteiger partial charge on any atom is 0.0507 e. The fraction of sp³-hybridized carbons (Fsp3) is 0.462. The van der Waals surface area contributed by atoms with Crippen LogP contribution in [0, 0.1) is 0 Å². The lowest BCUT2D eigenvalue weighted by atomic mass is 9.92. The van der Waals surface area contributed by atoms with Crippen molar-refractivity contribution in [3.63, 3.8) is 0 Å². The van der Waals surface area contributed by atoms with E-state index in [-0.39, 0.29) is 0 Å². The molecule has 0 bridgehead atoms. The predicted molar refractivity (Wildman–Crippen MR) is 60.9 cm³/mol. The number of pyridine rings is 1. The van der Waals surface area contributed by atoms with Crippen molar-refractivity contribution in [2.24, 2.45) is 0 Å². The summed E-state index contributed by atoms with van der Waals surface area (Å²) in [4.78, 5) is 4.55. The molecule has 1 aromatic rings. The largest absolute Gasteiger partial charge is 0.313 e. The van der Waals surface area contributed by atoms with Crippen LogP contribution in [-0.4, -0.2) is 18.1 Å². The van der Waals surface area contributed by atoms with Gasteiger partial charge in [-0.05, 0) is 37.4 Å². The predicted octanol–water partition coefficient (Wildman–Crippen LogP) is 2.03. The van der Waals surface area contributed by atoms with Gasteiger partial charge in [-0.1, -0.05) is 17.7 Å². The van der Waals surface area contributed by atoms with Crippen LogP contribution in [0.4, 0.5) is 0 Å². The van der Waals surface area contributed by atoms with Gasteiger partial charge in [0, 0.05) is 18.7 Å². The van der Waals surface area contributed by atoms with E-state index in [1.54, 1.807) is 5.57 Å². The summed E-state index contributed by atoms with van der Waals surface area (Å²) in [7, 11) is 0. The van der Waals surface area contributed by atoms with Crippen LogP contribution >= 0.6 is 0 Å². The lowest BCUT2D eigenvalue weighted by molar-refractivity contribution is 0.635. The first-order valence-electron chi connectivity index (χ1n) is 5.78. The molecule has 1 aliphatic heterocycles. The van der Waals surface area contributed by atoms with Crippen LogP contribution in [0.3, 0.4) is 0 Å². The number of fused-ring (bicyclic) bond motifs is 1. The summed E-state index contributed by atoms with van der Waals surface area (Å²) in [6, 6.07) is 4.28. The molecule has 0 saturated heterocycles. The Morgan fingerprint density at radius 2 is 2.33 bits per heavy atom. The average Bonchev–Trinajstić information content (AvgIpc) is 2.74. The highest BCUT2D eigenvalue weighted by Gasteiger charge is 2.26. The molecule has 1 atom stereocenters. The van der Waals surface area contributed by atoms with E-state index < -0.39 is 0 Å². The number of hydrogen-bond acceptors (Lipinski definition) is 2. The zero-order valence-electron chi connectivity index (χ0n) is 8.87. The minimum absolute atomic E-state index is 0.614. The Labute approximate surface area is 90.4 Å². The fourth-order valence-electron chi connectivity index (χ4n) is 2.73. The number of nitrogens with one attached hydrogen (secondary N) is 1. The molecule has 3 rings (SSSR count). The highest BCUT2D eigenvalue weighted by Crippen LogP contribution is 2.38. The molecule has 0 radical (unpaired) electrons. The molecule has 2 heterocycles. The van der Waals surface area contributed by atoms with E-state index in [0.717, 1.165) is 13.1 Å². The van der Waals surface area contributed by atoms with Crippen molar-refractivity contribution >= 4 is 0 Å². The fourth-order valence-corrected chi connectivity index (χ4v) is 2.73. The zero-order valence-corrected chi connectivity index (χ0v) is 8.87. The number of aryl methyl sites for hydroxylation is 1. The SMILES string of the molecule is C1=C(C2CCc3cccnc32)CCNC1. The third-order valence-electron chi connectivity index (χ3n) is 3.51. The molecule has 1 unspecified atom stereocenters. The van der Waals surface area contributed by atoms with Gasteiger partial charge in [-0.3, -0.25) is 4.98 Å². The van der Waals surface area contributed by atoms with Crippen LogP contribution in [0.15, 0.2) is 30.0 Å². The molecule has 0 spiro atoms. The van der Waals surface area contributed by atoms with E-state index in [0.29, 0.717) is 5.92 Å². The molecule has 0 aromatic carbocycles. The molecule has 1 N–H and O–H groups in total. The van der Waals surface area contributed by atoms with E-state index in [1.165, 1.54) is 30.5 Å². The van der Waals surface area contributed by atoms with E-state index >= 15 is 0 Å². The van der Waals surface area contributed by atoms with E-state index in [9.17, 15) is 0 Å². The van der Waals surface area contributed by atoms with E-state index in [2.05, 4.69) is 28.5 Å². The second kappa shape index (κ2) is 3.78. The normalized spacial score (nSPS) is 24.8. The Balaban J connectivity index is 1.93. The van der Waals surface area contributed by atoms with Crippen LogP contribution in [-0.2, 0) is 6.42 Å². The Morgan fingerprint density at radius 3 is 3.20 bits per heavy atom. The summed E-state index contributed by atoms with van der Waals surface area (Å²) in [5.74, 6) is 0.614. The highest BCUT2D eigenvalue weighted by atomic mass is 14.9. The first-order valence-corrected chi connectivity index (χ1v) is 5.78. The van der Waals surface area contributed by atoms with Gasteiger partial charge in [0.25, 0.3) is 0 Å². The number of aromatic nitrogens is 1. The lowest BCUT2D eigenvalue weighted by Gasteiger charge is -2.19. The molecular weight excluding hydrogens is 184 g/mol. The topological polar surface area (TPSA) is 24.9 Å². The van der Waals surface area contributed by atoms with Crippen LogP contribution in [0.2, 0.25) is 0 Å². The summed E-state index contributed by atoms with van der Waals surface area (Å²) in [5.41, 5.74) is 4.40. The quantitative estimate of drug-likeness (QED) is 0.702. The van der Waals surface area contributed by atoms with Gasteiger partial charge in [0.15, 0.2) is 0 Å². The Hall–Kier alpha value is -1.15. The summed E-state index contributed by atoms with van der Waals surface area (Å²) in [6.45, 7) is 2.17. The Morgan fingerprint density at radius 1 is 1.33 bits per heavy atom. The maximum atomic E-state index is 4.55. The maximum absolute atomic E-state index is 4.55. The number of rotatable bonds is 1. The molecule has 0 fully saturated rings. The highest BCUT2D eigenvalue weighted by molar-refractivity contribution is 5.36. The number of hydrogen-bond donors (Lipinski definition) is 1. The van der Waals surface area contributed by atoms with Crippen molar-refractivity contribution in [1.82, 2.24) is 10.3 Å². The minimum atomic E-state index is 0.614. The summed E-state index contributed by atoms with van der Waals surface area (Å²) < 4.78 is 0. The van der Waals surface area contributed by atoms with Gasteiger partial charge in [-0.15, -0.1) is 0 Å². The van der Waals surface area contributed by atoms with Crippen LogP contribution < -0.4 is 5.32 Å². The zero-order chi connectivity index (χ0) is 10.1. The molecule has 1 aromatic heterocycles. The second-order valence-corrected chi connectivity index (χ2v) is 4.37. The number of nitrogens with zero attached hydrogens (tertiary/aromatic N) is 1. The first-order chi connectivity index (χ1) is 7.45. The van der Waals surface area contributed by atoms with E-state index in [4.69, 9.17) is 0 Å². The molecule has 78 valence electrons.